The maximum atomic E-state index is 13.8. The molecule has 1 amide bonds. The molecule has 0 radical (unpaired) electrons. The zero-order valence-corrected chi connectivity index (χ0v) is 13.1. The minimum Gasteiger partial charge on any atom is -0.383 e. The van der Waals surface area contributed by atoms with Gasteiger partial charge in [0.1, 0.15) is 17.2 Å². The van der Waals surface area contributed by atoms with Crippen LogP contribution < -0.4 is 5.32 Å². The standard InChI is InChI=1S/C16H22F2N2O2/c1-15(22,12-6-5-11(17)9-13(12)18)10-19-14(21)16(20(2)3)7-4-8-16/h5-6,9,22H,4,7-8,10H2,1-3H3,(H,19,21). The first kappa shape index (κ1) is 16.8. The lowest BCUT2D eigenvalue weighted by atomic mass is 9.75. The molecule has 1 unspecified atom stereocenters. The second-order valence-electron chi connectivity index (χ2n) is 6.36. The van der Waals surface area contributed by atoms with E-state index in [4.69, 9.17) is 0 Å². The van der Waals surface area contributed by atoms with Crippen LogP contribution in [0.5, 0.6) is 0 Å². The first-order valence-corrected chi connectivity index (χ1v) is 7.33. The second kappa shape index (κ2) is 5.93. The van der Waals surface area contributed by atoms with Crippen molar-refractivity contribution in [3.05, 3.63) is 35.4 Å². The van der Waals surface area contributed by atoms with Gasteiger partial charge in [0.05, 0.1) is 12.1 Å². The zero-order valence-electron chi connectivity index (χ0n) is 13.1. The van der Waals surface area contributed by atoms with Gasteiger partial charge in [-0.2, -0.15) is 0 Å². The molecule has 1 aliphatic rings. The van der Waals surface area contributed by atoms with E-state index in [-0.39, 0.29) is 18.0 Å². The monoisotopic (exact) mass is 312 g/mol. The molecule has 2 N–H and O–H groups in total. The van der Waals surface area contributed by atoms with Gasteiger partial charge in [-0.05, 0) is 46.3 Å². The number of hydrogen-bond acceptors (Lipinski definition) is 3. The van der Waals surface area contributed by atoms with E-state index in [0.29, 0.717) is 0 Å². The molecule has 1 aromatic rings. The molecule has 1 fully saturated rings. The van der Waals surface area contributed by atoms with Crippen molar-refractivity contribution in [3.8, 4) is 0 Å². The van der Waals surface area contributed by atoms with Crippen LogP contribution in [-0.2, 0) is 10.4 Å². The van der Waals surface area contributed by atoms with E-state index < -0.39 is 22.8 Å². The predicted molar refractivity (Wildman–Crippen MR) is 79.2 cm³/mol. The van der Waals surface area contributed by atoms with Crippen molar-refractivity contribution in [3.63, 3.8) is 0 Å². The Labute approximate surface area is 129 Å². The first-order chi connectivity index (χ1) is 10.2. The normalized spacial score (nSPS) is 19.4. The molecular weight excluding hydrogens is 290 g/mol. The number of nitrogens with one attached hydrogen (secondary N) is 1. The fourth-order valence-corrected chi connectivity index (χ4v) is 2.83. The van der Waals surface area contributed by atoms with Gasteiger partial charge in [-0.3, -0.25) is 9.69 Å². The van der Waals surface area contributed by atoms with Crippen LogP contribution >= 0.6 is 0 Å². The van der Waals surface area contributed by atoms with Gasteiger partial charge < -0.3 is 10.4 Å². The maximum absolute atomic E-state index is 13.8. The van der Waals surface area contributed by atoms with Crippen molar-refractivity contribution in [2.24, 2.45) is 0 Å². The Morgan fingerprint density at radius 3 is 2.50 bits per heavy atom. The SMILES string of the molecule is CN(C)C1(C(=O)NCC(C)(O)c2ccc(F)cc2F)CCC1. The smallest absolute Gasteiger partial charge is 0.240 e. The van der Waals surface area contributed by atoms with Crippen molar-refractivity contribution >= 4 is 5.91 Å². The third-order valence-electron chi connectivity index (χ3n) is 4.56. The summed E-state index contributed by atoms with van der Waals surface area (Å²) < 4.78 is 26.7. The Bertz CT molecular complexity index is 569. The highest BCUT2D eigenvalue weighted by Gasteiger charge is 2.46. The molecule has 0 saturated heterocycles. The van der Waals surface area contributed by atoms with Gasteiger partial charge >= 0.3 is 0 Å². The largest absolute Gasteiger partial charge is 0.383 e. The Balaban J connectivity index is 2.08. The van der Waals surface area contributed by atoms with Gasteiger partial charge in [-0.15, -0.1) is 0 Å². The van der Waals surface area contributed by atoms with E-state index >= 15 is 0 Å². The first-order valence-electron chi connectivity index (χ1n) is 7.33. The third-order valence-corrected chi connectivity index (χ3v) is 4.56. The molecule has 0 aliphatic heterocycles. The van der Waals surface area contributed by atoms with Crippen molar-refractivity contribution in [2.75, 3.05) is 20.6 Å². The van der Waals surface area contributed by atoms with E-state index in [0.717, 1.165) is 31.4 Å². The summed E-state index contributed by atoms with van der Waals surface area (Å²) in [6.07, 6.45) is 2.51. The number of aliphatic hydroxyl groups is 1. The Hall–Kier alpha value is -1.53. The van der Waals surface area contributed by atoms with E-state index in [1.165, 1.54) is 13.0 Å². The number of amides is 1. The maximum Gasteiger partial charge on any atom is 0.240 e. The molecule has 0 heterocycles. The average Bonchev–Trinajstić information content (AvgIpc) is 2.34. The Morgan fingerprint density at radius 1 is 1.41 bits per heavy atom. The number of carbonyl (C=O) groups is 1. The van der Waals surface area contributed by atoms with E-state index in [2.05, 4.69) is 5.32 Å². The molecule has 1 aromatic carbocycles. The minimum atomic E-state index is -1.61. The number of carbonyl (C=O) groups excluding carboxylic acids is 1. The van der Waals surface area contributed by atoms with Gasteiger partial charge in [0, 0.05) is 11.6 Å². The van der Waals surface area contributed by atoms with Crippen LogP contribution in [0.3, 0.4) is 0 Å². The molecule has 0 spiro atoms. The summed E-state index contributed by atoms with van der Waals surface area (Å²) in [6, 6.07) is 3.00. The molecule has 122 valence electrons. The summed E-state index contributed by atoms with van der Waals surface area (Å²) in [7, 11) is 3.69. The molecule has 1 saturated carbocycles. The van der Waals surface area contributed by atoms with Crippen molar-refractivity contribution in [2.45, 2.75) is 37.3 Å². The molecule has 1 atom stereocenters. The second-order valence-corrected chi connectivity index (χ2v) is 6.36. The fraction of sp³-hybridized carbons (Fsp3) is 0.562. The van der Waals surface area contributed by atoms with Crippen molar-refractivity contribution < 1.29 is 18.7 Å². The molecule has 1 aliphatic carbocycles. The van der Waals surface area contributed by atoms with Crippen LogP contribution in [0, 0.1) is 11.6 Å². The van der Waals surface area contributed by atoms with Crippen LogP contribution in [-0.4, -0.2) is 42.1 Å². The van der Waals surface area contributed by atoms with Crippen molar-refractivity contribution in [1.29, 1.82) is 0 Å². The highest BCUT2D eigenvalue weighted by atomic mass is 19.1. The Morgan fingerprint density at radius 2 is 2.05 bits per heavy atom. The summed E-state index contributed by atoms with van der Waals surface area (Å²) in [6.45, 7) is 1.26. The highest BCUT2D eigenvalue weighted by Crippen LogP contribution is 2.36. The summed E-state index contributed by atoms with van der Waals surface area (Å²) in [5.41, 5.74) is -2.19. The quantitative estimate of drug-likeness (QED) is 0.871. The average molecular weight is 312 g/mol. The van der Waals surface area contributed by atoms with Crippen LogP contribution in [0.1, 0.15) is 31.7 Å². The molecule has 22 heavy (non-hydrogen) atoms. The molecular formula is C16H22F2N2O2. The molecule has 0 aromatic heterocycles. The lowest BCUT2D eigenvalue weighted by molar-refractivity contribution is -0.138. The Kier molecular flexibility index (Phi) is 4.54. The van der Waals surface area contributed by atoms with Gasteiger partial charge in [0.2, 0.25) is 5.91 Å². The summed E-state index contributed by atoms with van der Waals surface area (Å²) in [5.74, 6) is -1.71. The number of nitrogens with zero attached hydrogens (tertiary/aromatic N) is 1. The summed E-state index contributed by atoms with van der Waals surface area (Å²) >= 11 is 0. The van der Waals surface area contributed by atoms with E-state index in [9.17, 15) is 18.7 Å². The van der Waals surface area contributed by atoms with Crippen LogP contribution in [0.4, 0.5) is 8.78 Å². The van der Waals surface area contributed by atoms with E-state index in [1.807, 2.05) is 19.0 Å². The lowest BCUT2D eigenvalue weighted by Gasteiger charge is -2.45. The van der Waals surface area contributed by atoms with Crippen molar-refractivity contribution in [1.82, 2.24) is 10.2 Å². The molecule has 0 bridgehead atoms. The van der Waals surface area contributed by atoms with Gasteiger partial charge in [0.25, 0.3) is 0 Å². The van der Waals surface area contributed by atoms with Crippen LogP contribution in [0.25, 0.3) is 0 Å². The van der Waals surface area contributed by atoms with Crippen LogP contribution in [0.15, 0.2) is 18.2 Å². The van der Waals surface area contributed by atoms with Crippen LogP contribution in [0.2, 0.25) is 0 Å². The lowest BCUT2D eigenvalue weighted by Crippen LogP contribution is -2.61. The molecule has 2 rings (SSSR count). The fourth-order valence-electron chi connectivity index (χ4n) is 2.83. The number of rotatable bonds is 5. The number of halogens is 2. The molecule has 6 heteroatoms. The minimum absolute atomic E-state index is 0.0401. The predicted octanol–water partition coefficient (Wildman–Crippen LogP) is 1.77. The van der Waals surface area contributed by atoms with Gasteiger partial charge in [-0.1, -0.05) is 6.07 Å². The summed E-state index contributed by atoms with van der Waals surface area (Å²) in [5, 5.41) is 13.1. The van der Waals surface area contributed by atoms with Gasteiger partial charge in [0.15, 0.2) is 0 Å². The molecule has 4 nitrogen and oxygen atoms in total. The number of likely N-dealkylation sites (N-methyl/N-ethyl adjacent to an activating group) is 1. The number of hydrogen-bond donors (Lipinski definition) is 2. The third kappa shape index (κ3) is 2.98. The summed E-state index contributed by atoms with van der Waals surface area (Å²) in [4.78, 5) is 14.3. The van der Waals surface area contributed by atoms with Gasteiger partial charge in [-0.25, -0.2) is 8.78 Å². The van der Waals surface area contributed by atoms with E-state index in [1.54, 1.807) is 0 Å². The topological polar surface area (TPSA) is 52.6 Å². The zero-order chi connectivity index (χ0) is 16.5. The highest BCUT2D eigenvalue weighted by molar-refractivity contribution is 5.87. The number of benzene rings is 1.